The quantitative estimate of drug-likeness (QED) is 0.232. The normalized spacial score (nSPS) is 16.8. The van der Waals surface area contributed by atoms with Crippen LogP contribution in [0.15, 0.2) is 126 Å². The third-order valence-electron chi connectivity index (χ3n) is 7.13. The van der Waals surface area contributed by atoms with Gasteiger partial charge in [0.1, 0.15) is 0 Å². The zero-order valence-corrected chi connectivity index (χ0v) is 19.5. The van der Waals surface area contributed by atoms with Crippen molar-refractivity contribution < 1.29 is 0 Å². The van der Waals surface area contributed by atoms with E-state index in [-0.39, 0.29) is 0 Å². The summed E-state index contributed by atoms with van der Waals surface area (Å²) in [5.41, 5.74) is 8.56. The van der Waals surface area contributed by atoms with Gasteiger partial charge >= 0.3 is 0 Å². The lowest BCUT2D eigenvalue weighted by Gasteiger charge is -2.41. The Morgan fingerprint density at radius 1 is 0.515 bits per heavy atom. The van der Waals surface area contributed by atoms with Crippen molar-refractivity contribution in [3.63, 3.8) is 0 Å². The summed E-state index contributed by atoms with van der Waals surface area (Å²) in [4.78, 5) is 0. The van der Waals surface area contributed by atoms with Gasteiger partial charge in [0.05, 0.1) is 22.1 Å². The zero-order valence-electron chi connectivity index (χ0n) is 17.9. The van der Waals surface area contributed by atoms with Crippen molar-refractivity contribution in [3.05, 3.63) is 148 Å². The Bertz CT molecular complexity index is 1660. The number of fused-ring (bicyclic) bond motifs is 5. The van der Waals surface area contributed by atoms with Gasteiger partial charge < -0.3 is 4.57 Å². The van der Waals surface area contributed by atoms with E-state index in [0.717, 1.165) is 4.47 Å². The van der Waals surface area contributed by atoms with Gasteiger partial charge in [0, 0.05) is 15.2 Å². The summed E-state index contributed by atoms with van der Waals surface area (Å²) in [6.45, 7) is 0. The van der Waals surface area contributed by atoms with Crippen molar-refractivity contribution in [1.82, 2.24) is 4.57 Å². The number of hydrogen-bond acceptors (Lipinski definition) is 0. The van der Waals surface area contributed by atoms with Crippen LogP contribution in [0.4, 0.5) is 0 Å². The summed E-state index contributed by atoms with van der Waals surface area (Å²) < 4.78 is 3.56. The van der Waals surface area contributed by atoms with Crippen molar-refractivity contribution in [3.8, 4) is 5.69 Å². The Morgan fingerprint density at radius 2 is 1.15 bits per heavy atom. The smallest absolute Gasteiger partial charge is 0.0742 e. The summed E-state index contributed by atoms with van der Waals surface area (Å²) in [6.07, 6.45) is 0. The molecule has 0 saturated heterocycles. The van der Waals surface area contributed by atoms with E-state index in [1.54, 1.807) is 0 Å². The average molecular weight is 486 g/mol. The molecule has 1 aliphatic rings. The van der Waals surface area contributed by atoms with Gasteiger partial charge in [-0.25, -0.2) is 0 Å². The third-order valence-corrected chi connectivity index (χ3v) is 7.66. The van der Waals surface area contributed by atoms with Crippen LogP contribution in [-0.2, 0) is 5.41 Å². The van der Waals surface area contributed by atoms with Crippen LogP contribution in [-0.4, -0.2) is 4.57 Å². The lowest BCUT2D eigenvalue weighted by Crippen LogP contribution is -2.35. The molecule has 1 aromatic heterocycles. The fourth-order valence-electron chi connectivity index (χ4n) is 5.88. The van der Waals surface area contributed by atoms with E-state index in [1.165, 1.54) is 49.7 Å². The number of aromatic nitrogens is 1. The van der Waals surface area contributed by atoms with Crippen molar-refractivity contribution in [1.29, 1.82) is 0 Å². The van der Waals surface area contributed by atoms with E-state index in [0.29, 0.717) is 0 Å². The molecule has 7 rings (SSSR count). The molecule has 2 heteroatoms. The largest absolute Gasteiger partial charge is 0.309 e. The fraction of sp³-hybridized carbons (Fsp3) is 0.0323. The molecule has 1 nitrogen and oxygen atoms in total. The standard InChI is InChI=1S/C31H20BrN/c32-23-19-17-22(18-20-23)31(21-9-2-1-3-10-21)26-13-5-7-16-29(26)33-28-15-6-4-11-24(28)25-12-8-14-27(31)30(25)33/h1-20H. The topological polar surface area (TPSA) is 4.93 Å². The number of para-hydroxylation sites is 3. The van der Waals surface area contributed by atoms with Crippen LogP contribution in [0, 0.1) is 0 Å². The van der Waals surface area contributed by atoms with Crippen LogP contribution in [0.5, 0.6) is 0 Å². The van der Waals surface area contributed by atoms with Gasteiger partial charge in [-0.2, -0.15) is 0 Å². The first kappa shape index (κ1) is 18.9. The lowest BCUT2D eigenvalue weighted by molar-refractivity contribution is 0.727. The molecule has 0 amide bonds. The van der Waals surface area contributed by atoms with Gasteiger partial charge in [-0.15, -0.1) is 0 Å². The zero-order chi connectivity index (χ0) is 22.0. The number of hydrogen-bond donors (Lipinski definition) is 0. The Morgan fingerprint density at radius 3 is 2.00 bits per heavy atom. The van der Waals surface area contributed by atoms with E-state index in [2.05, 4.69) is 142 Å². The highest BCUT2D eigenvalue weighted by atomic mass is 79.9. The van der Waals surface area contributed by atoms with E-state index >= 15 is 0 Å². The van der Waals surface area contributed by atoms with Gasteiger partial charge in [-0.1, -0.05) is 113 Å². The Hall–Kier alpha value is -3.62. The summed E-state index contributed by atoms with van der Waals surface area (Å²) in [7, 11) is 0. The van der Waals surface area contributed by atoms with Crippen LogP contribution < -0.4 is 0 Å². The average Bonchev–Trinajstić information content (AvgIpc) is 3.22. The fourth-order valence-corrected chi connectivity index (χ4v) is 6.14. The van der Waals surface area contributed by atoms with E-state index in [9.17, 15) is 0 Å². The highest BCUT2D eigenvalue weighted by Gasteiger charge is 2.44. The van der Waals surface area contributed by atoms with Crippen LogP contribution in [0.25, 0.3) is 27.5 Å². The minimum absolute atomic E-state index is 0.414. The molecule has 0 N–H and O–H groups in total. The second-order valence-corrected chi connectivity index (χ2v) is 9.61. The minimum Gasteiger partial charge on any atom is -0.309 e. The molecule has 156 valence electrons. The lowest BCUT2D eigenvalue weighted by atomic mass is 9.63. The summed E-state index contributed by atoms with van der Waals surface area (Å²) in [5, 5.41) is 2.60. The molecule has 0 radical (unpaired) electrons. The minimum atomic E-state index is -0.414. The predicted octanol–water partition coefficient (Wildman–Crippen LogP) is 8.24. The van der Waals surface area contributed by atoms with Crippen LogP contribution >= 0.6 is 15.9 Å². The number of nitrogens with zero attached hydrogens (tertiary/aromatic N) is 1. The molecule has 0 spiro atoms. The summed E-state index contributed by atoms with van der Waals surface area (Å²) in [5.74, 6) is 0. The maximum absolute atomic E-state index is 3.65. The van der Waals surface area contributed by atoms with E-state index in [4.69, 9.17) is 0 Å². The van der Waals surface area contributed by atoms with Crippen LogP contribution in [0.3, 0.4) is 0 Å². The number of halogens is 1. The molecular formula is C31H20BrN. The van der Waals surface area contributed by atoms with Crippen molar-refractivity contribution >= 4 is 37.7 Å². The molecule has 2 heterocycles. The van der Waals surface area contributed by atoms with Gasteiger partial charge in [0.15, 0.2) is 0 Å². The first-order chi connectivity index (χ1) is 16.3. The molecule has 0 bridgehead atoms. The molecule has 5 aromatic carbocycles. The molecule has 0 saturated carbocycles. The summed E-state index contributed by atoms with van der Waals surface area (Å²) >= 11 is 3.65. The predicted molar refractivity (Wildman–Crippen MR) is 140 cm³/mol. The molecule has 0 aliphatic carbocycles. The molecule has 1 aliphatic heterocycles. The SMILES string of the molecule is Brc1ccc(C2(c3ccccc3)c3ccccc3-n3c4ccccc4c4cccc2c43)cc1. The van der Waals surface area contributed by atoms with Gasteiger partial charge in [-0.05, 0) is 46.5 Å². The van der Waals surface area contributed by atoms with Gasteiger partial charge in [0.25, 0.3) is 0 Å². The van der Waals surface area contributed by atoms with Crippen LogP contribution in [0.2, 0.25) is 0 Å². The first-order valence-corrected chi connectivity index (χ1v) is 12.0. The molecule has 6 aromatic rings. The monoisotopic (exact) mass is 485 g/mol. The maximum atomic E-state index is 3.65. The van der Waals surface area contributed by atoms with Crippen LogP contribution in [0.1, 0.15) is 22.3 Å². The Kier molecular flexibility index (Phi) is 3.97. The Balaban J connectivity index is 1.77. The van der Waals surface area contributed by atoms with Crippen molar-refractivity contribution in [2.24, 2.45) is 0 Å². The first-order valence-electron chi connectivity index (χ1n) is 11.2. The third kappa shape index (κ3) is 2.42. The highest BCUT2D eigenvalue weighted by molar-refractivity contribution is 9.10. The van der Waals surface area contributed by atoms with E-state index < -0.39 is 5.41 Å². The number of rotatable bonds is 2. The molecule has 1 unspecified atom stereocenters. The van der Waals surface area contributed by atoms with Crippen molar-refractivity contribution in [2.75, 3.05) is 0 Å². The van der Waals surface area contributed by atoms with Gasteiger partial charge in [-0.3, -0.25) is 0 Å². The Labute approximate surface area is 201 Å². The maximum Gasteiger partial charge on any atom is 0.0742 e. The molecule has 33 heavy (non-hydrogen) atoms. The highest BCUT2D eigenvalue weighted by Crippen LogP contribution is 2.54. The number of benzene rings is 5. The molecule has 0 fully saturated rings. The second kappa shape index (κ2) is 6.94. The molecular weight excluding hydrogens is 466 g/mol. The van der Waals surface area contributed by atoms with Crippen molar-refractivity contribution in [2.45, 2.75) is 5.41 Å². The van der Waals surface area contributed by atoms with E-state index in [1.807, 2.05) is 0 Å². The second-order valence-electron chi connectivity index (χ2n) is 8.69. The van der Waals surface area contributed by atoms with Gasteiger partial charge in [0.2, 0.25) is 0 Å². The molecule has 1 atom stereocenters. The summed E-state index contributed by atoms with van der Waals surface area (Å²) in [6, 6.07) is 44.3.